The van der Waals surface area contributed by atoms with Gasteiger partial charge in [0.15, 0.2) is 5.96 Å². The molecular weight excluding hydrogens is 232 g/mol. The molecule has 6 nitrogen and oxygen atoms in total. The maximum atomic E-state index is 10.4. The van der Waals surface area contributed by atoms with E-state index in [0.717, 1.165) is 11.3 Å². The number of aliphatic carboxylic acids is 1. The average molecular weight is 250 g/mol. The topological polar surface area (TPSA) is 125 Å². The van der Waals surface area contributed by atoms with Crippen LogP contribution in [-0.4, -0.2) is 23.1 Å². The van der Waals surface area contributed by atoms with E-state index >= 15 is 0 Å². The molecule has 0 spiro atoms. The van der Waals surface area contributed by atoms with E-state index in [2.05, 4.69) is 5.32 Å². The predicted molar refractivity (Wildman–Crippen MR) is 70.5 cm³/mol. The number of benzene rings is 1. The summed E-state index contributed by atoms with van der Waals surface area (Å²) in [7, 11) is 0. The second-order valence-corrected chi connectivity index (χ2v) is 4.14. The van der Waals surface area contributed by atoms with Gasteiger partial charge >= 0.3 is 5.97 Å². The molecular formula is C12H18N4O2. The monoisotopic (exact) mass is 250 g/mol. The van der Waals surface area contributed by atoms with Crippen molar-refractivity contribution in [2.45, 2.75) is 25.3 Å². The number of nitrogens with two attached hydrogens (primary N) is 2. The standard InChI is InChI=1S/C12H18N4O2/c13-9(4-5-11(17)18)6-8-2-1-3-10(7-8)16-12(14)15/h1-3,7,9H,4-6,13H2,(H,17,18)(H4,14,15,16). The van der Waals surface area contributed by atoms with Crippen LogP contribution in [0.25, 0.3) is 0 Å². The van der Waals surface area contributed by atoms with Crippen molar-refractivity contribution in [2.75, 3.05) is 5.32 Å². The molecule has 0 saturated heterocycles. The lowest BCUT2D eigenvalue weighted by atomic mass is 10.0. The van der Waals surface area contributed by atoms with Crippen molar-refractivity contribution in [3.8, 4) is 0 Å². The summed E-state index contributed by atoms with van der Waals surface area (Å²) < 4.78 is 0. The Bertz CT molecular complexity index is 434. The number of nitrogens with one attached hydrogen (secondary N) is 2. The number of carboxylic acid groups (broad SMARTS) is 1. The Kier molecular flexibility index (Phi) is 5.13. The van der Waals surface area contributed by atoms with Gasteiger partial charge in [-0.1, -0.05) is 12.1 Å². The molecule has 1 rings (SSSR count). The molecule has 0 aromatic heterocycles. The van der Waals surface area contributed by atoms with E-state index in [-0.39, 0.29) is 18.4 Å². The second kappa shape index (κ2) is 6.61. The van der Waals surface area contributed by atoms with Crippen LogP contribution in [-0.2, 0) is 11.2 Å². The van der Waals surface area contributed by atoms with E-state index in [1.54, 1.807) is 6.07 Å². The number of anilines is 1. The van der Waals surface area contributed by atoms with Gasteiger partial charge in [0.2, 0.25) is 0 Å². The minimum Gasteiger partial charge on any atom is -0.481 e. The minimum atomic E-state index is -0.836. The molecule has 1 aromatic carbocycles. The van der Waals surface area contributed by atoms with Crippen molar-refractivity contribution < 1.29 is 9.90 Å². The summed E-state index contributed by atoms with van der Waals surface area (Å²) in [6.45, 7) is 0. The summed E-state index contributed by atoms with van der Waals surface area (Å²) in [5.41, 5.74) is 12.8. The quantitative estimate of drug-likeness (QED) is 0.376. The fraction of sp³-hybridized carbons (Fsp3) is 0.333. The van der Waals surface area contributed by atoms with Crippen LogP contribution < -0.4 is 16.8 Å². The Hall–Kier alpha value is -2.08. The van der Waals surface area contributed by atoms with Crippen LogP contribution in [0, 0.1) is 5.41 Å². The zero-order valence-electron chi connectivity index (χ0n) is 10.0. The SMILES string of the molecule is N=C(N)Nc1cccc(CC(N)CCC(=O)O)c1. The molecule has 0 aliphatic rings. The summed E-state index contributed by atoms with van der Waals surface area (Å²) in [6, 6.07) is 7.21. The molecule has 7 N–H and O–H groups in total. The van der Waals surface area contributed by atoms with Crippen molar-refractivity contribution in [2.24, 2.45) is 11.5 Å². The second-order valence-electron chi connectivity index (χ2n) is 4.14. The van der Waals surface area contributed by atoms with Crippen molar-refractivity contribution in [3.63, 3.8) is 0 Å². The molecule has 0 saturated carbocycles. The lowest BCUT2D eigenvalue weighted by Gasteiger charge is -2.11. The molecule has 1 aromatic rings. The third-order valence-corrected chi connectivity index (χ3v) is 2.43. The summed E-state index contributed by atoms with van der Waals surface area (Å²) >= 11 is 0. The van der Waals surface area contributed by atoms with Gasteiger partial charge < -0.3 is 21.9 Å². The van der Waals surface area contributed by atoms with Crippen LogP contribution in [0.3, 0.4) is 0 Å². The zero-order chi connectivity index (χ0) is 13.5. The highest BCUT2D eigenvalue weighted by Crippen LogP contribution is 2.13. The van der Waals surface area contributed by atoms with Crippen LogP contribution >= 0.6 is 0 Å². The molecule has 0 heterocycles. The third-order valence-electron chi connectivity index (χ3n) is 2.43. The highest BCUT2D eigenvalue weighted by Gasteiger charge is 2.07. The van der Waals surface area contributed by atoms with Gasteiger partial charge in [0.1, 0.15) is 0 Å². The van der Waals surface area contributed by atoms with Gasteiger partial charge in [0.05, 0.1) is 0 Å². The summed E-state index contributed by atoms with van der Waals surface area (Å²) in [5, 5.41) is 18.4. The molecule has 98 valence electrons. The highest BCUT2D eigenvalue weighted by atomic mass is 16.4. The van der Waals surface area contributed by atoms with Gasteiger partial charge in [0.25, 0.3) is 0 Å². The number of guanidine groups is 1. The van der Waals surface area contributed by atoms with Gasteiger partial charge in [-0.2, -0.15) is 0 Å². The molecule has 1 atom stereocenters. The third kappa shape index (κ3) is 5.31. The van der Waals surface area contributed by atoms with E-state index in [1.807, 2.05) is 18.2 Å². The van der Waals surface area contributed by atoms with E-state index < -0.39 is 5.97 Å². The number of carboxylic acids is 1. The van der Waals surface area contributed by atoms with Gasteiger partial charge in [-0.3, -0.25) is 10.2 Å². The van der Waals surface area contributed by atoms with Crippen LogP contribution in [0.1, 0.15) is 18.4 Å². The Balaban J connectivity index is 2.55. The first-order chi connectivity index (χ1) is 8.47. The normalized spacial score (nSPS) is 11.8. The largest absolute Gasteiger partial charge is 0.481 e. The molecule has 0 radical (unpaired) electrons. The molecule has 0 aliphatic heterocycles. The summed E-state index contributed by atoms with van der Waals surface area (Å²) in [6.07, 6.45) is 1.12. The number of rotatable bonds is 6. The van der Waals surface area contributed by atoms with Gasteiger partial charge in [-0.05, 0) is 30.5 Å². The number of carbonyl (C=O) groups is 1. The number of hydrogen-bond acceptors (Lipinski definition) is 3. The number of hydrogen-bond donors (Lipinski definition) is 5. The molecule has 18 heavy (non-hydrogen) atoms. The lowest BCUT2D eigenvalue weighted by molar-refractivity contribution is -0.137. The summed E-state index contributed by atoms with van der Waals surface area (Å²) in [4.78, 5) is 10.4. The van der Waals surface area contributed by atoms with E-state index in [1.165, 1.54) is 0 Å². The van der Waals surface area contributed by atoms with Crippen molar-refractivity contribution in [1.82, 2.24) is 0 Å². The molecule has 1 unspecified atom stereocenters. The Morgan fingerprint density at radius 3 is 2.83 bits per heavy atom. The zero-order valence-corrected chi connectivity index (χ0v) is 10.0. The maximum absolute atomic E-state index is 10.4. The maximum Gasteiger partial charge on any atom is 0.303 e. The van der Waals surface area contributed by atoms with Crippen LogP contribution in [0.2, 0.25) is 0 Å². The van der Waals surface area contributed by atoms with Crippen molar-refractivity contribution >= 4 is 17.6 Å². The molecule has 6 heteroatoms. The van der Waals surface area contributed by atoms with Crippen molar-refractivity contribution in [1.29, 1.82) is 5.41 Å². The van der Waals surface area contributed by atoms with Gasteiger partial charge in [0, 0.05) is 18.2 Å². The Morgan fingerprint density at radius 1 is 1.50 bits per heavy atom. The van der Waals surface area contributed by atoms with Gasteiger partial charge in [-0.15, -0.1) is 0 Å². The average Bonchev–Trinajstić information content (AvgIpc) is 2.26. The van der Waals surface area contributed by atoms with E-state index in [0.29, 0.717) is 12.8 Å². The van der Waals surface area contributed by atoms with Crippen LogP contribution in [0.5, 0.6) is 0 Å². The molecule has 0 fully saturated rings. The fourth-order valence-corrected chi connectivity index (χ4v) is 1.65. The Labute approximate surface area is 105 Å². The predicted octanol–water partition coefficient (Wildman–Crippen LogP) is 0.727. The van der Waals surface area contributed by atoms with Crippen LogP contribution in [0.15, 0.2) is 24.3 Å². The first-order valence-corrected chi connectivity index (χ1v) is 5.64. The van der Waals surface area contributed by atoms with E-state index in [4.69, 9.17) is 22.0 Å². The Morgan fingerprint density at radius 2 is 2.22 bits per heavy atom. The van der Waals surface area contributed by atoms with Crippen LogP contribution in [0.4, 0.5) is 5.69 Å². The van der Waals surface area contributed by atoms with E-state index in [9.17, 15) is 4.79 Å². The fourth-order valence-electron chi connectivity index (χ4n) is 1.65. The molecule has 0 amide bonds. The highest BCUT2D eigenvalue weighted by molar-refractivity contribution is 5.89. The first kappa shape index (κ1) is 14.0. The molecule has 0 aliphatic carbocycles. The summed E-state index contributed by atoms with van der Waals surface area (Å²) in [5.74, 6) is -0.959. The van der Waals surface area contributed by atoms with Crippen molar-refractivity contribution in [3.05, 3.63) is 29.8 Å². The lowest BCUT2D eigenvalue weighted by Crippen LogP contribution is -2.24. The first-order valence-electron chi connectivity index (χ1n) is 5.64. The van der Waals surface area contributed by atoms with Gasteiger partial charge in [-0.25, -0.2) is 0 Å². The molecule has 0 bridgehead atoms. The smallest absolute Gasteiger partial charge is 0.303 e. The minimum absolute atomic E-state index is 0.0759.